The summed E-state index contributed by atoms with van der Waals surface area (Å²) in [6, 6.07) is 4.37. The molecule has 0 radical (unpaired) electrons. The third-order valence-electron chi connectivity index (χ3n) is 3.63. The zero-order valence-electron chi connectivity index (χ0n) is 11.2. The zero-order chi connectivity index (χ0) is 14.5. The minimum Gasteiger partial charge on any atom is -0.477 e. The smallest absolute Gasteiger partial charge is 0.342 e. The van der Waals surface area contributed by atoms with Gasteiger partial charge in [-0.15, -0.1) is 0 Å². The maximum atomic E-state index is 11.0. The van der Waals surface area contributed by atoms with Gasteiger partial charge in [-0.05, 0) is 25.0 Å². The summed E-state index contributed by atoms with van der Waals surface area (Å²) in [5, 5.41) is 20.0. The minimum atomic E-state index is -1.27. The molecular formula is C14H18N2O4. The van der Waals surface area contributed by atoms with Crippen molar-refractivity contribution in [3.05, 3.63) is 33.9 Å². The van der Waals surface area contributed by atoms with E-state index in [4.69, 9.17) is 5.11 Å². The molecule has 0 bridgehead atoms. The Kier molecular flexibility index (Phi) is 4.55. The van der Waals surface area contributed by atoms with Gasteiger partial charge in [-0.2, -0.15) is 0 Å². The Hall–Kier alpha value is -2.11. The number of nitro benzene ring substituents is 1. The molecule has 1 aliphatic rings. The molecule has 1 N–H and O–H groups in total. The van der Waals surface area contributed by atoms with Gasteiger partial charge in [-0.25, -0.2) is 4.79 Å². The van der Waals surface area contributed by atoms with Gasteiger partial charge in [0.05, 0.1) is 4.92 Å². The van der Waals surface area contributed by atoms with E-state index in [1.165, 1.54) is 31.4 Å². The van der Waals surface area contributed by atoms with E-state index in [1.54, 1.807) is 6.07 Å². The Morgan fingerprint density at radius 2 is 1.75 bits per heavy atom. The molecule has 1 fully saturated rings. The Bertz CT molecular complexity index is 508. The molecule has 1 heterocycles. The van der Waals surface area contributed by atoms with Crippen LogP contribution in [0.5, 0.6) is 0 Å². The first-order valence-corrected chi connectivity index (χ1v) is 6.86. The van der Waals surface area contributed by atoms with E-state index in [0.29, 0.717) is 0 Å². The second-order valence-electron chi connectivity index (χ2n) is 5.02. The topological polar surface area (TPSA) is 83.7 Å². The summed E-state index contributed by atoms with van der Waals surface area (Å²) >= 11 is 0. The summed E-state index contributed by atoms with van der Waals surface area (Å²) in [6.07, 6.45) is 5.71. The van der Waals surface area contributed by atoms with Crippen molar-refractivity contribution in [2.75, 3.05) is 18.0 Å². The van der Waals surface area contributed by atoms with Gasteiger partial charge in [-0.1, -0.05) is 19.3 Å². The molecule has 1 aliphatic heterocycles. The van der Waals surface area contributed by atoms with Crippen LogP contribution in [0.2, 0.25) is 0 Å². The quantitative estimate of drug-likeness (QED) is 0.678. The molecule has 6 heteroatoms. The predicted octanol–water partition coefficient (Wildman–Crippen LogP) is 3.06. The highest BCUT2D eigenvalue weighted by Crippen LogP contribution is 2.27. The molecule has 20 heavy (non-hydrogen) atoms. The van der Waals surface area contributed by atoms with E-state index < -0.39 is 10.9 Å². The lowest BCUT2D eigenvalue weighted by molar-refractivity contribution is -0.385. The summed E-state index contributed by atoms with van der Waals surface area (Å²) < 4.78 is 0. The number of carboxylic acids is 1. The van der Waals surface area contributed by atoms with E-state index in [0.717, 1.165) is 31.6 Å². The van der Waals surface area contributed by atoms with E-state index in [9.17, 15) is 14.9 Å². The average Bonchev–Trinajstić information content (AvgIpc) is 2.37. The Labute approximate surface area is 117 Å². The largest absolute Gasteiger partial charge is 0.477 e. The van der Waals surface area contributed by atoms with Crippen molar-refractivity contribution in [2.45, 2.75) is 32.1 Å². The van der Waals surface area contributed by atoms with Crippen LogP contribution in [0, 0.1) is 10.1 Å². The van der Waals surface area contributed by atoms with Crippen LogP contribution >= 0.6 is 0 Å². The van der Waals surface area contributed by atoms with Gasteiger partial charge in [0, 0.05) is 24.8 Å². The van der Waals surface area contributed by atoms with Crippen molar-refractivity contribution in [1.29, 1.82) is 0 Å². The van der Waals surface area contributed by atoms with Crippen molar-refractivity contribution in [1.82, 2.24) is 0 Å². The summed E-state index contributed by atoms with van der Waals surface area (Å²) in [5.41, 5.74) is 0.145. The van der Waals surface area contributed by atoms with Crippen LogP contribution < -0.4 is 4.90 Å². The molecule has 0 aliphatic carbocycles. The van der Waals surface area contributed by atoms with Crippen LogP contribution in [-0.4, -0.2) is 29.1 Å². The standard InChI is InChI=1S/C14H18N2O4/c17-14(18)12-7-6-11(10-13(12)16(19)20)15-8-4-2-1-3-5-9-15/h6-7,10H,1-5,8-9H2,(H,17,18). The first-order chi connectivity index (χ1) is 9.59. The number of carboxylic acid groups (broad SMARTS) is 1. The number of nitro groups is 1. The lowest BCUT2D eigenvalue weighted by Gasteiger charge is -2.26. The van der Waals surface area contributed by atoms with Gasteiger partial charge in [0.15, 0.2) is 0 Å². The van der Waals surface area contributed by atoms with E-state index in [1.807, 2.05) is 0 Å². The van der Waals surface area contributed by atoms with Crippen LogP contribution in [0.15, 0.2) is 18.2 Å². The third-order valence-corrected chi connectivity index (χ3v) is 3.63. The van der Waals surface area contributed by atoms with E-state index in [-0.39, 0.29) is 11.3 Å². The van der Waals surface area contributed by atoms with E-state index >= 15 is 0 Å². The highest BCUT2D eigenvalue weighted by molar-refractivity contribution is 5.93. The molecule has 0 amide bonds. The van der Waals surface area contributed by atoms with Gasteiger partial charge < -0.3 is 10.0 Å². The summed E-state index contributed by atoms with van der Waals surface area (Å²) in [4.78, 5) is 23.5. The Morgan fingerprint density at radius 3 is 2.30 bits per heavy atom. The number of rotatable bonds is 3. The summed E-state index contributed by atoms with van der Waals surface area (Å²) in [7, 11) is 0. The SMILES string of the molecule is O=C(O)c1ccc(N2CCCCCCC2)cc1[N+](=O)[O-]. The molecule has 0 unspecified atom stereocenters. The predicted molar refractivity (Wildman–Crippen MR) is 75.4 cm³/mol. The van der Waals surface area contributed by atoms with Gasteiger partial charge in [0.1, 0.15) is 5.56 Å². The summed E-state index contributed by atoms with van der Waals surface area (Å²) in [6.45, 7) is 1.73. The van der Waals surface area contributed by atoms with Crippen molar-refractivity contribution in [3.8, 4) is 0 Å². The fraction of sp³-hybridized carbons (Fsp3) is 0.500. The fourth-order valence-electron chi connectivity index (χ4n) is 2.55. The normalized spacial score (nSPS) is 16.3. The van der Waals surface area contributed by atoms with Gasteiger partial charge in [0.25, 0.3) is 5.69 Å². The second kappa shape index (κ2) is 6.36. The lowest BCUT2D eigenvalue weighted by atomic mass is 10.1. The first kappa shape index (κ1) is 14.3. The average molecular weight is 278 g/mol. The number of anilines is 1. The number of nitrogens with zero attached hydrogens (tertiary/aromatic N) is 2. The molecule has 0 aromatic heterocycles. The molecule has 108 valence electrons. The zero-order valence-corrected chi connectivity index (χ0v) is 11.2. The minimum absolute atomic E-state index is 0.259. The van der Waals surface area contributed by atoms with Gasteiger partial charge in [-0.3, -0.25) is 10.1 Å². The maximum absolute atomic E-state index is 11.0. The highest BCUT2D eigenvalue weighted by Gasteiger charge is 2.21. The summed E-state index contributed by atoms with van der Waals surface area (Å²) in [5.74, 6) is -1.27. The van der Waals surface area contributed by atoms with Crippen molar-refractivity contribution in [3.63, 3.8) is 0 Å². The number of carbonyl (C=O) groups is 1. The monoisotopic (exact) mass is 278 g/mol. The van der Waals surface area contributed by atoms with Gasteiger partial charge >= 0.3 is 5.97 Å². The number of aromatic carboxylic acids is 1. The molecule has 0 atom stereocenters. The lowest BCUT2D eigenvalue weighted by Crippen LogP contribution is -2.27. The van der Waals surface area contributed by atoms with Crippen LogP contribution in [0.4, 0.5) is 11.4 Å². The Morgan fingerprint density at radius 1 is 1.15 bits per heavy atom. The van der Waals surface area contributed by atoms with Crippen LogP contribution in [0.25, 0.3) is 0 Å². The maximum Gasteiger partial charge on any atom is 0.342 e. The van der Waals surface area contributed by atoms with E-state index in [2.05, 4.69) is 4.90 Å². The molecule has 0 saturated carbocycles. The van der Waals surface area contributed by atoms with Crippen molar-refractivity contribution >= 4 is 17.3 Å². The first-order valence-electron chi connectivity index (χ1n) is 6.86. The van der Waals surface area contributed by atoms with Crippen molar-refractivity contribution in [2.24, 2.45) is 0 Å². The molecular weight excluding hydrogens is 260 g/mol. The van der Waals surface area contributed by atoms with Crippen LogP contribution in [-0.2, 0) is 0 Å². The molecule has 1 aromatic carbocycles. The van der Waals surface area contributed by atoms with Crippen LogP contribution in [0.1, 0.15) is 42.5 Å². The molecule has 2 rings (SSSR count). The number of hydrogen-bond donors (Lipinski definition) is 1. The molecule has 0 spiro atoms. The number of benzene rings is 1. The number of hydrogen-bond acceptors (Lipinski definition) is 4. The third kappa shape index (κ3) is 3.26. The Balaban J connectivity index is 2.29. The second-order valence-corrected chi connectivity index (χ2v) is 5.02. The van der Waals surface area contributed by atoms with Crippen LogP contribution in [0.3, 0.4) is 0 Å². The fourth-order valence-corrected chi connectivity index (χ4v) is 2.55. The van der Waals surface area contributed by atoms with Gasteiger partial charge in [0.2, 0.25) is 0 Å². The molecule has 1 aromatic rings. The highest BCUT2D eigenvalue weighted by atomic mass is 16.6. The molecule has 6 nitrogen and oxygen atoms in total. The molecule has 1 saturated heterocycles. The van der Waals surface area contributed by atoms with Crippen molar-refractivity contribution < 1.29 is 14.8 Å².